The molecule has 3 aromatic heterocycles. The van der Waals surface area contributed by atoms with E-state index in [1.165, 1.54) is 23.8 Å². The molecule has 0 aromatic carbocycles. The molecule has 7 nitrogen and oxygen atoms in total. The van der Waals surface area contributed by atoms with Gasteiger partial charge in [0.25, 0.3) is 5.91 Å². The molecule has 1 N–H and O–H groups in total. The fourth-order valence-corrected chi connectivity index (χ4v) is 4.19. The summed E-state index contributed by atoms with van der Waals surface area (Å²) in [5, 5.41) is 3.15. The average molecular weight is 411 g/mol. The molecule has 0 saturated carbocycles. The first kappa shape index (κ1) is 19.5. The minimum Gasteiger partial charge on any atom is -0.463 e. The van der Waals surface area contributed by atoms with Gasteiger partial charge in [-0.1, -0.05) is 11.3 Å². The standard InChI is InChI=1S/C21H21N3O4S/c1-12-10-15(11-22-13(12)2)20(26)24-21-23-17(16-4-3-7-28-16)19(29-21)18(25)14-5-8-27-9-6-14/h3-4,7,10-11,14H,5-6,8-9H2,1-2H3,(H,23,24,26). The lowest BCUT2D eigenvalue weighted by molar-refractivity contribution is 0.0547. The van der Waals surface area contributed by atoms with Gasteiger partial charge in [0.1, 0.15) is 10.6 Å². The Morgan fingerprint density at radius 2 is 2.03 bits per heavy atom. The third-order valence-corrected chi connectivity index (χ3v) is 6.01. The van der Waals surface area contributed by atoms with Crippen molar-refractivity contribution in [3.05, 3.63) is 52.4 Å². The third kappa shape index (κ3) is 4.13. The third-order valence-electron chi connectivity index (χ3n) is 5.02. The molecule has 0 radical (unpaired) electrons. The lowest BCUT2D eigenvalue weighted by Gasteiger charge is -2.20. The Labute approximate surface area is 172 Å². The van der Waals surface area contributed by atoms with Crippen LogP contribution in [-0.2, 0) is 4.74 Å². The number of hydrogen-bond donors (Lipinski definition) is 1. The van der Waals surface area contributed by atoms with Crippen LogP contribution in [0.1, 0.15) is 44.1 Å². The Morgan fingerprint density at radius 1 is 1.24 bits per heavy atom. The zero-order valence-electron chi connectivity index (χ0n) is 16.2. The molecule has 1 amide bonds. The summed E-state index contributed by atoms with van der Waals surface area (Å²) >= 11 is 1.18. The van der Waals surface area contributed by atoms with E-state index in [0.717, 1.165) is 11.3 Å². The van der Waals surface area contributed by atoms with Crippen LogP contribution in [0.5, 0.6) is 0 Å². The summed E-state index contributed by atoms with van der Waals surface area (Å²) in [5.74, 6) is 0.103. The number of furan rings is 1. The van der Waals surface area contributed by atoms with E-state index in [1.54, 1.807) is 18.2 Å². The summed E-state index contributed by atoms with van der Waals surface area (Å²) in [6, 6.07) is 5.29. The van der Waals surface area contributed by atoms with Gasteiger partial charge in [-0.25, -0.2) is 4.98 Å². The zero-order chi connectivity index (χ0) is 20.4. The van der Waals surface area contributed by atoms with Gasteiger partial charge in [0.2, 0.25) is 0 Å². The van der Waals surface area contributed by atoms with Crippen LogP contribution >= 0.6 is 11.3 Å². The van der Waals surface area contributed by atoms with Crippen LogP contribution in [0.2, 0.25) is 0 Å². The van der Waals surface area contributed by atoms with Crippen LogP contribution < -0.4 is 5.32 Å². The molecular weight excluding hydrogens is 390 g/mol. The normalized spacial score (nSPS) is 14.7. The molecule has 4 rings (SSSR count). The number of nitrogens with zero attached hydrogens (tertiary/aromatic N) is 2. The first-order chi connectivity index (χ1) is 14.0. The van der Waals surface area contributed by atoms with Gasteiger partial charge in [-0.05, 0) is 50.5 Å². The minimum atomic E-state index is -0.314. The van der Waals surface area contributed by atoms with Gasteiger partial charge in [0, 0.05) is 31.0 Å². The maximum Gasteiger partial charge on any atom is 0.259 e. The number of ether oxygens (including phenoxy) is 1. The Hall–Kier alpha value is -2.84. The van der Waals surface area contributed by atoms with Gasteiger partial charge < -0.3 is 9.15 Å². The van der Waals surface area contributed by atoms with E-state index in [4.69, 9.17) is 9.15 Å². The topological polar surface area (TPSA) is 94.3 Å². The largest absolute Gasteiger partial charge is 0.463 e. The number of aromatic nitrogens is 2. The summed E-state index contributed by atoms with van der Waals surface area (Å²) < 4.78 is 10.8. The van der Waals surface area contributed by atoms with Crippen molar-refractivity contribution in [1.82, 2.24) is 9.97 Å². The van der Waals surface area contributed by atoms with Gasteiger partial charge in [0.15, 0.2) is 16.7 Å². The van der Waals surface area contributed by atoms with Gasteiger partial charge in [0.05, 0.1) is 11.8 Å². The summed E-state index contributed by atoms with van der Waals surface area (Å²) in [5.41, 5.74) is 2.72. The van der Waals surface area contributed by atoms with E-state index in [1.807, 2.05) is 13.8 Å². The Bertz CT molecular complexity index is 1040. The van der Waals surface area contributed by atoms with Crippen molar-refractivity contribution in [1.29, 1.82) is 0 Å². The van der Waals surface area contributed by atoms with E-state index in [2.05, 4.69) is 15.3 Å². The zero-order valence-corrected chi connectivity index (χ0v) is 17.0. The Morgan fingerprint density at radius 3 is 2.72 bits per heavy atom. The molecule has 4 heterocycles. The molecule has 1 fully saturated rings. The Balaban J connectivity index is 1.63. The first-order valence-corrected chi connectivity index (χ1v) is 10.3. The van der Waals surface area contributed by atoms with Gasteiger partial charge in [-0.2, -0.15) is 0 Å². The number of thiazole rings is 1. The maximum absolute atomic E-state index is 13.1. The van der Waals surface area contributed by atoms with Crippen molar-refractivity contribution in [2.45, 2.75) is 26.7 Å². The number of nitrogens with one attached hydrogen (secondary N) is 1. The SMILES string of the molecule is Cc1cc(C(=O)Nc2nc(-c3ccco3)c(C(=O)C3CCOCC3)s2)cnc1C. The quantitative estimate of drug-likeness (QED) is 0.630. The van der Waals surface area contributed by atoms with Crippen LogP contribution in [0.15, 0.2) is 35.1 Å². The fraction of sp³-hybridized carbons (Fsp3) is 0.333. The van der Waals surface area contributed by atoms with E-state index < -0.39 is 0 Å². The van der Waals surface area contributed by atoms with Crippen molar-refractivity contribution in [3.8, 4) is 11.5 Å². The molecule has 1 saturated heterocycles. The lowest BCUT2D eigenvalue weighted by Crippen LogP contribution is -2.23. The first-order valence-electron chi connectivity index (χ1n) is 9.44. The number of carbonyl (C=O) groups excluding carboxylic acids is 2. The number of hydrogen-bond acceptors (Lipinski definition) is 7. The second-order valence-electron chi connectivity index (χ2n) is 7.01. The van der Waals surface area contributed by atoms with E-state index >= 15 is 0 Å². The van der Waals surface area contributed by atoms with Crippen molar-refractivity contribution >= 4 is 28.2 Å². The predicted octanol–water partition coefficient (Wildman–Crippen LogP) is 4.28. The number of pyridine rings is 1. The van der Waals surface area contributed by atoms with Crippen LogP contribution in [0.3, 0.4) is 0 Å². The van der Waals surface area contributed by atoms with Crippen molar-refractivity contribution < 1.29 is 18.7 Å². The summed E-state index contributed by atoms with van der Waals surface area (Å²) in [4.78, 5) is 35.0. The summed E-state index contributed by atoms with van der Waals surface area (Å²) in [7, 11) is 0. The number of aryl methyl sites for hydroxylation is 2. The fourth-order valence-electron chi connectivity index (χ4n) is 3.20. The van der Waals surface area contributed by atoms with Crippen LogP contribution in [-0.4, -0.2) is 34.9 Å². The number of Topliss-reactive ketones (excluding diaryl/α,β-unsaturated/α-hetero) is 1. The van der Waals surface area contributed by atoms with Crippen LogP contribution in [0.25, 0.3) is 11.5 Å². The van der Waals surface area contributed by atoms with Crippen LogP contribution in [0.4, 0.5) is 5.13 Å². The second-order valence-corrected chi connectivity index (χ2v) is 8.00. The second kappa shape index (κ2) is 8.26. The average Bonchev–Trinajstić information content (AvgIpc) is 3.40. The number of ketones is 1. The smallest absolute Gasteiger partial charge is 0.259 e. The van der Waals surface area contributed by atoms with Crippen molar-refractivity contribution in [2.75, 3.05) is 18.5 Å². The van der Waals surface area contributed by atoms with E-state index in [-0.39, 0.29) is 17.6 Å². The molecule has 3 aromatic rings. The minimum absolute atomic E-state index is 0.0190. The molecule has 1 aliphatic heterocycles. The molecule has 150 valence electrons. The van der Waals surface area contributed by atoms with E-state index in [0.29, 0.717) is 53.1 Å². The van der Waals surface area contributed by atoms with Gasteiger partial charge in [-0.3, -0.25) is 19.9 Å². The number of anilines is 1. The highest BCUT2D eigenvalue weighted by Crippen LogP contribution is 2.35. The summed E-state index contributed by atoms with van der Waals surface area (Å²) in [6.07, 6.45) is 4.44. The number of carbonyl (C=O) groups is 2. The molecule has 0 unspecified atom stereocenters. The summed E-state index contributed by atoms with van der Waals surface area (Å²) in [6.45, 7) is 4.95. The highest BCUT2D eigenvalue weighted by atomic mass is 32.1. The molecule has 0 spiro atoms. The number of amides is 1. The van der Waals surface area contributed by atoms with Gasteiger partial charge in [-0.15, -0.1) is 0 Å². The highest BCUT2D eigenvalue weighted by Gasteiger charge is 2.29. The number of rotatable bonds is 5. The lowest BCUT2D eigenvalue weighted by atomic mass is 9.94. The molecule has 0 atom stereocenters. The van der Waals surface area contributed by atoms with E-state index in [9.17, 15) is 9.59 Å². The van der Waals surface area contributed by atoms with Crippen molar-refractivity contribution in [2.24, 2.45) is 5.92 Å². The van der Waals surface area contributed by atoms with Crippen molar-refractivity contribution in [3.63, 3.8) is 0 Å². The predicted molar refractivity (Wildman–Crippen MR) is 109 cm³/mol. The molecule has 8 heteroatoms. The molecule has 1 aliphatic rings. The molecule has 29 heavy (non-hydrogen) atoms. The maximum atomic E-state index is 13.1. The highest BCUT2D eigenvalue weighted by molar-refractivity contribution is 7.18. The Kier molecular flexibility index (Phi) is 5.55. The molecule has 0 bridgehead atoms. The molecule has 0 aliphatic carbocycles. The monoisotopic (exact) mass is 411 g/mol. The molecular formula is C21H21N3O4S. The van der Waals surface area contributed by atoms with Gasteiger partial charge >= 0.3 is 0 Å². The van der Waals surface area contributed by atoms with Crippen LogP contribution in [0, 0.1) is 19.8 Å².